The molecule has 2 aromatic carbocycles. The van der Waals surface area contributed by atoms with Crippen LogP contribution >= 0.6 is 34.8 Å². The van der Waals surface area contributed by atoms with Crippen molar-refractivity contribution in [3.63, 3.8) is 0 Å². The van der Waals surface area contributed by atoms with E-state index < -0.39 is 17.4 Å². The highest BCUT2D eigenvalue weighted by Crippen LogP contribution is 2.37. The van der Waals surface area contributed by atoms with Crippen molar-refractivity contribution in [1.29, 1.82) is 0 Å². The molecule has 1 aromatic heterocycles. The van der Waals surface area contributed by atoms with Gasteiger partial charge >= 0.3 is 0 Å². The number of carbonyl (C=O) groups excluding carboxylic acids is 1. The van der Waals surface area contributed by atoms with E-state index in [0.29, 0.717) is 15.9 Å². The van der Waals surface area contributed by atoms with Gasteiger partial charge in [0.2, 0.25) is 0 Å². The van der Waals surface area contributed by atoms with Gasteiger partial charge in [-0.1, -0.05) is 34.8 Å². The number of hydrogen-bond acceptors (Lipinski definition) is 5. The fourth-order valence-corrected chi connectivity index (χ4v) is 3.21. The lowest BCUT2D eigenvalue weighted by Gasteiger charge is -2.13. The fourth-order valence-electron chi connectivity index (χ4n) is 2.47. The van der Waals surface area contributed by atoms with E-state index in [-0.39, 0.29) is 27.2 Å². The van der Waals surface area contributed by atoms with Gasteiger partial charge in [0.05, 0.1) is 25.7 Å². The second-order valence-corrected chi connectivity index (χ2v) is 7.00. The Balaban J connectivity index is 1.81. The summed E-state index contributed by atoms with van der Waals surface area (Å²) in [5.74, 6) is -0.362. The van der Waals surface area contributed by atoms with Crippen molar-refractivity contribution in [2.45, 2.75) is 6.92 Å². The van der Waals surface area contributed by atoms with E-state index in [1.807, 2.05) is 0 Å². The Kier molecular flexibility index (Phi) is 5.88. The van der Waals surface area contributed by atoms with E-state index >= 15 is 0 Å². The number of carbonyl (C=O) groups is 1. The normalized spacial score (nSPS) is 10.7. The van der Waals surface area contributed by atoms with Crippen molar-refractivity contribution < 1.29 is 14.5 Å². The number of non-ortho nitro benzene ring substituents is 1. The quantitative estimate of drug-likeness (QED) is 0.422. The number of nitro benzene ring substituents is 1. The number of pyridine rings is 1. The van der Waals surface area contributed by atoms with Crippen molar-refractivity contribution in [2.24, 2.45) is 0 Å². The van der Waals surface area contributed by atoms with Gasteiger partial charge in [-0.15, -0.1) is 0 Å². The molecule has 28 heavy (non-hydrogen) atoms. The molecule has 0 saturated heterocycles. The Labute approximate surface area is 174 Å². The molecule has 0 aliphatic carbocycles. The highest BCUT2D eigenvalue weighted by atomic mass is 35.5. The third-order valence-corrected chi connectivity index (χ3v) is 4.68. The maximum absolute atomic E-state index is 12.2. The first-order chi connectivity index (χ1) is 13.3. The second kappa shape index (κ2) is 8.18. The summed E-state index contributed by atoms with van der Waals surface area (Å²) in [6, 6.07) is 8.81. The molecule has 3 rings (SSSR count). The van der Waals surface area contributed by atoms with Crippen LogP contribution in [0.1, 0.15) is 5.69 Å². The molecule has 144 valence electrons. The van der Waals surface area contributed by atoms with Crippen LogP contribution in [0.2, 0.25) is 15.1 Å². The molecule has 10 heteroatoms. The van der Waals surface area contributed by atoms with Gasteiger partial charge in [0.25, 0.3) is 11.6 Å². The van der Waals surface area contributed by atoms with Gasteiger partial charge < -0.3 is 10.1 Å². The van der Waals surface area contributed by atoms with Crippen LogP contribution in [0.3, 0.4) is 0 Å². The first kappa shape index (κ1) is 20.1. The topological polar surface area (TPSA) is 94.4 Å². The van der Waals surface area contributed by atoms with Crippen molar-refractivity contribution >= 4 is 63.0 Å². The van der Waals surface area contributed by atoms with Crippen LogP contribution in [-0.2, 0) is 4.79 Å². The summed E-state index contributed by atoms with van der Waals surface area (Å²) in [5, 5.41) is 14.8. The standard InChI is InChI=1S/C18H12Cl3N3O4/c1-9-2-4-11-13(20)7-14(21)18(17(11)22-9)28-8-16(25)23-15-6-10(24(26)27)3-5-12(15)19/h2-7H,8H2,1H3,(H,23,25). The van der Waals surface area contributed by atoms with Crippen molar-refractivity contribution in [2.75, 3.05) is 11.9 Å². The lowest BCUT2D eigenvalue weighted by Crippen LogP contribution is -2.20. The lowest BCUT2D eigenvalue weighted by molar-refractivity contribution is -0.384. The molecule has 1 amide bonds. The molecule has 0 fully saturated rings. The predicted molar refractivity (Wildman–Crippen MR) is 109 cm³/mol. The monoisotopic (exact) mass is 439 g/mol. The molecule has 7 nitrogen and oxygen atoms in total. The molecular formula is C18H12Cl3N3O4. The second-order valence-electron chi connectivity index (χ2n) is 5.78. The molecule has 3 aromatic rings. The van der Waals surface area contributed by atoms with Crippen LogP contribution in [0.15, 0.2) is 36.4 Å². The molecule has 0 aliphatic heterocycles. The number of amides is 1. The summed E-state index contributed by atoms with van der Waals surface area (Å²) < 4.78 is 5.57. The van der Waals surface area contributed by atoms with E-state index in [9.17, 15) is 14.9 Å². The molecule has 0 radical (unpaired) electrons. The Morgan fingerprint density at radius 1 is 1.14 bits per heavy atom. The number of anilines is 1. The number of aromatic nitrogens is 1. The minimum Gasteiger partial charge on any atom is -0.480 e. The molecule has 0 bridgehead atoms. The molecule has 0 unspecified atom stereocenters. The van der Waals surface area contributed by atoms with Crippen molar-refractivity contribution in [3.8, 4) is 5.75 Å². The predicted octanol–water partition coefficient (Wildman–Crippen LogP) is 5.43. The number of aryl methyl sites for hydroxylation is 1. The summed E-state index contributed by atoms with van der Waals surface area (Å²) in [6.07, 6.45) is 0. The highest BCUT2D eigenvalue weighted by molar-refractivity contribution is 6.39. The van der Waals surface area contributed by atoms with Crippen LogP contribution < -0.4 is 10.1 Å². The number of ether oxygens (including phenoxy) is 1. The van der Waals surface area contributed by atoms with Gasteiger partial charge in [-0.25, -0.2) is 4.98 Å². The molecular weight excluding hydrogens is 429 g/mol. The summed E-state index contributed by atoms with van der Waals surface area (Å²) in [6.45, 7) is 1.39. The summed E-state index contributed by atoms with van der Waals surface area (Å²) in [4.78, 5) is 26.9. The van der Waals surface area contributed by atoms with Crippen molar-refractivity contribution in [1.82, 2.24) is 4.98 Å². The van der Waals surface area contributed by atoms with E-state index in [1.54, 1.807) is 19.1 Å². The van der Waals surface area contributed by atoms with Crippen molar-refractivity contribution in [3.05, 3.63) is 67.3 Å². The van der Waals surface area contributed by atoms with Crippen LogP contribution in [0, 0.1) is 17.0 Å². The van der Waals surface area contributed by atoms with E-state index in [1.165, 1.54) is 18.2 Å². The van der Waals surface area contributed by atoms with E-state index in [2.05, 4.69) is 10.3 Å². The number of rotatable bonds is 5. The fraction of sp³-hybridized carbons (Fsp3) is 0.111. The van der Waals surface area contributed by atoms with Gasteiger partial charge in [0, 0.05) is 23.2 Å². The number of fused-ring (bicyclic) bond motifs is 1. The molecule has 1 N–H and O–H groups in total. The summed E-state index contributed by atoms with van der Waals surface area (Å²) >= 11 is 18.4. The number of nitrogens with one attached hydrogen (secondary N) is 1. The number of nitro groups is 1. The molecule has 0 spiro atoms. The summed E-state index contributed by atoms with van der Waals surface area (Å²) in [5.41, 5.74) is 1.06. The summed E-state index contributed by atoms with van der Waals surface area (Å²) in [7, 11) is 0. The Bertz CT molecular complexity index is 1110. The van der Waals surface area contributed by atoms with E-state index in [4.69, 9.17) is 39.5 Å². The Hall–Kier alpha value is -2.61. The largest absolute Gasteiger partial charge is 0.480 e. The van der Waals surface area contributed by atoms with Gasteiger partial charge in [0.15, 0.2) is 12.4 Å². The van der Waals surface area contributed by atoms with Crippen LogP contribution in [0.25, 0.3) is 10.9 Å². The van der Waals surface area contributed by atoms with Gasteiger partial charge in [0.1, 0.15) is 5.52 Å². The molecule has 0 aliphatic rings. The van der Waals surface area contributed by atoms with Gasteiger partial charge in [-0.05, 0) is 31.2 Å². The zero-order valence-electron chi connectivity index (χ0n) is 14.3. The lowest BCUT2D eigenvalue weighted by atomic mass is 10.2. The minimum absolute atomic E-state index is 0.102. The first-order valence-electron chi connectivity index (χ1n) is 7.88. The zero-order chi connectivity index (χ0) is 20.4. The Morgan fingerprint density at radius 2 is 1.89 bits per heavy atom. The Morgan fingerprint density at radius 3 is 2.61 bits per heavy atom. The number of benzene rings is 2. The molecule has 1 heterocycles. The average Bonchev–Trinajstić information content (AvgIpc) is 2.62. The molecule has 0 saturated carbocycles. The van der Waals surface area contributed by atoms with Gasteiger partial charge in [-0.3, -0.25) is 14.9 Å². The zero-order valence-corrected chi connectivity index (χ0v) is 16.6. The number of halogens is 3. The smallest absolute Gasteiger partial charge is 0.271 e. The minimum atomic E-state index is -0.587. The number of nitrogens with zero attached hydrogens (tertiary/aromatic N) is 2. The van der Waals surface area contributed by atoms with Gasteiger partial charge in [-0.2, -0.15) is 0 Å². The highest BCUT2D eigenvalue weighted by Gasteiger charge is 2.16. The SMILES string of the molecule is Cc1ccc2c(Cl)cc(Cl)c(OCC(=O)Nc3cc([N+](=O)[O-])ccc3Cl)c2n1. The number of hydrogen-bond donors (Lipinski definition) is 1. The average molecular weight is 441 g/mol. The van der Waals surface area contributed by atoms with Crippen LogP contribution in [0.4, 0.5) is 11.4 Å². The first-order valence-corrected chi connectivity index (χ1v) is 9.01. The van der Waals surface area contributed by atoms with Crippen LogP contribution in [0.5, 0.6) is 5.75 Å². The maximum atomic E-state index is 12.2. The maximum Gasteiger partial charge on any atom is 0.271 e. The third kappa shape index (κ3) is 4.27. The molecule has 0 atom stereocenters. The third-order valence-electron chi connectivity index (χ3n) is 3.76. The van der Waals surface area contributed by atoms with Crippen LogP contribution in [-0.4, -0.2) is 22.4 Å². The van der Waals surface area contributed by atoms with E-state index in [0.717, 1.165) is 11.8 Å².